The van der Waals surface area contributed by atoms with Gasteiger partial charge < -0.3 is 14.6 Å². The summed E-state index contributed by atoms with van der Waals surface area (Å²) in [4.78, 5) is 2.40. The molecule has 110 valence electrons. The van der Waals surface area contributed by atoms with Crippen LogP contribution in [0.25, 0.3) is 0 Å². The molecule has 4 nitrogen and oxygen atoms in total. The van der Waals surface area contributed by atoms with Gasteiger partial charge in [-0.1, -0.05) is 24.3 Å². The first kappa shape index (κ1) is 14.0. The van der Waals surface area contributed by atoms with E-state index >= 15 is 0 Å². The molecule has 0 saturated carbocycles. The van der Waals surface area contributed by atoms with Crippen LogP contribution in [0.2, 0.25) is 0 Å². The van der Waals surface area contributed by atoms with E-state index < -0.39 is 0 Å². The van der Waals surface area contributed by atoms with Crippen molar-refractivity contribution in [1.29, 1.82) is 0 Å². The largest absolute Gasteiger partial charge is 0.396 e. The van der Waals surface area contributed by atoms with Gasteiger partial charge in [-0.05, 0) is 18.1 Å². The third kappa shape index (κ3) is 2.74. The molecule has 0 radical (unpaired) electrons. The normalized spacial score (nSPS) is 26.2. The van der Waals surface area contributed by atoms with Gasteiger partial charge in [0, 0.05) is 19.6 Å². The number of aliphatic hydroxyl groups is 1. The molecule has 1 atom stereocenters. The SMILES string of the molecule is Cc1ccccc1C1CN(CC2(CO)COC2)CCO1. The predicted molar refractivity (Wildman–Crippen MR) is 76.6 cm³/mol. The lowest BCUT2D eigenvalue weighted by atomic mass is 9.86. The van der Waals surface area contributed by atoms with Gasteiger partial charge in [0.25, 0.3) is 0 Å². The summed E-state index contributed by atoms with van der Waals surface area (Å²) in [5.41, 5.74) is 2.51. The molecule has 2 aliphatic rings. The molecule has 20 heavy (non-hydrogen) atoms. The maximum atomic E-state index is 9.56. The third-order valence-corrected chi connectivity index (χ3v) is 4.40. The van der Waals surface area contributed by atoms with Crippen LogP contribution in [0.4, 0.5) is 0 Å². The molecule has 0 amide bonds. The van der Waals surface area contributed by atoms with Crippen molar-refractivity contribution in [3.63, 3.8) is 0 Å². The van der Waals surface area contributed by atoms with Crippen LogP contribution in [0.15, 0.2) is 24.3 Å². The molecule has 2 heterocycles. The molecule has 1 N–H and O–H groups in total. The quantitative estimate of drug-likeness (QED) is 0.903. The van der Waals surface area contributed by atoms with E-state index in [0.717, 1.165) is 26.2 Å². The van der Waals surface area contributed by atoms with Crippen LogP contribution in [0.3, 0.4) is 0 Å². The average molecular weight is 277 g/mol. The Morgan fingerprint density at radius 1 is 1.35 bits per heavy atom. The molecule has 1 aromatic rings. The second-order valence-corrected chi connectivity index (χ2v) is 6.10. The van der Waals surface area contributed by atoms with Crippen molar-refractivity contribution in [3.8, 4) is 0 Å². The number of rotatable bonds is 4. The Morgan fingerprint density at radius 3 is 2.80 bits per heavy atom. The van der Waals surface area contributed by atoms with Crippen molar-refractivity contribution in [2.75, 3.05) is 46.1 Å². The van der Waals surface area contributed by atoms with Gasteiger partial charge in [-0.25, -0.2) is 0 Å². The molecular weight excluding hydrogens is 254 g/mol. The van der Waals surface area contributed by atoms with E-state index in [-0.39, 0.29) is 18.1 Å². The van der Waals surface area contributed by atoms with Gasteiger partial charge in [0.1, 0.15) is 0 Å². The summed E-state index contributed by atoms with van der Waals surface area (Å²) in [7, 11) is 0. The van der Waals surface area contributed by atoms with Gasteiger partial charge in [-0.15, -0.1) is 0 Å². The van der Waals surface area contributed by atoms with E-state index in [0.29, 0.717) is 13.2 Å². The monoisotopic (exact) mass is 277 g/mol. The first-order chi connectivity index (χ1) is 9.72. The van der Waals surface area contributed by atoms with Crippen LogP contribution in [0.1, 0.15) is 17.2 Å². The minimum atomic E-state index is -0.0480. The van der Waals surface area contributed by atoms with Crippen molar-refractivity contribution < 1.29 is 14.6 Å². The summed E-state index contributed by atoms with van der Waals surface area (Å²) in [5, 5.41) is 9.56. The highest BCUT2D eigenvalue weighted by molar-refractivity contribution is 5.28. The zero-order valence-electron chi connectivity index (χ0n) is 12.0. The van der Waals surface area contributed by atoms with Gasteiger partial charge in [0.2, 0.25) is 0 Å². The van der Waals surface area contributed by atoms with Gasteiger partial charge in [-0.3, -0.25) is 4.90 Å². The van der Waals surface area contributed by atoms with Crippen molar-refractivity contribution >= 4 is 0 Å². The summed E-state index contributed by atoms with van der Waals surface area (Å²) >= 11 is 0. The number of morpholine rings is 1. The Hall–Kier alpha value is -0.940. The van der Waals surface area contributed by atoms with E-state index in [1.165, 1.54) is 11.1 Å². The maximum Gasteiger partial charge on any atom is 0.0954 e. The second kappa shape index (κ2) is 5.82. The average Bonchev–Trinajstić information content (AvgIpc) is 2.44. The minimum Gasteiger partial charge on any atom is -0.396 e. The number of aliphatic hydroxyl groups excluding tert-OH is 1. The van der Waals surface area contributed by atoms with Crippen LogP contribution in [-0.4, -0.2) is 56.1 Å². The number of hydrogen-bond donors (Lipinski definition) is 1. The Labute approximate surface area is 120 Å². The summed E-state index contributed by atoms with van der Waals surface area (Å²) in [6, 6.07) is 8.41. The van der Waals surface area contributed by atoms with Crippen molar-refractivity contribution in [2.45, 2.75) is 13.0 Å². The Bertz CT molecular complexity index is 453. The van der Waals surface area contributed by atoms with Crippen LogP contribution >= 0.6 is 0 Å². The smallest absolute Gasteiger partial charge is 0.0954 e. The highest BCUT2D eigenvalue weighted by Crippen LogP contribution is 2.31. The van der Waals surface area contributed by atoms with Gasteiger partial charge in [-0.2, -0.15) is 0 Å². The van der Waals surface area contributed by atoms with E-state index in [9.17, 15) is 5.11 Å². The molecule has 1 unspecified atom stereocenters. The Kier molecular flexibility index (Phi) is 4.08. The molecule has 4 heteroatoms. The summed E-state index contributed by atoms with van der Waals surface area (Å²) in [5.74, 6) is 0. The minimum absolute atomic E-state index is 0.0480. The fourth-order valence-corrected chi connectivity index (χ4v) is 3.08. The Morgan fingerprint density at radius 2 is 2.15 bits per heavy atom. The first-order valence-electron chi connectivity index (χ1n) is 7.31. The molecule has 2 aliphatic heterocycles. The first-order valence-corrected chi connectivity index (χ1v) is 7.31. The van der Waals surface area contributed by atoms with Crippen molar-refractivity contribution in [1.82, 2.24) is 4.90 Å². The molecule has 2 saturated heterocycles. The van der Waals surface area contributed by atoms with Gasteiger partial charge in [0.05, 0.1) is 37.9 Å². The molecule has 2 fully saturated rings. The fourth-order valence-electron chi connectivity index (χ4n) is 3.08. The lowest BCUT2D eigenvalue weighted by Crippen LogP contribution is -2.55. The maximum absolute atomic E-state index is 9.56. The fraction of sp³-hybridized carbons (Fsp3) is 0.625. The van der Waals surface area contributed by atoms with E-state index in [1.54, 1.807) is 0 Å². The van der Waals surface area contributed by atoms with Crippen LogP contribution in [0, 0.1) is 12.3 Å². The van der Waals surface area contributed by atoms with Crippen LogP contribution < -0.4 is 0 Å². The summed E-state index contributed by atoms with van der Waals surface area (Å²) in [6.45, 7) is 7.17. The van der Waals surface area contributed by atoms with E-state index in [2.05, 4.69) is 36.1 Å². The van der Waals surface area contributed by atoms with Gasteiger partial charge in [0.15, 0.2) is 0 Å². The van der Waals surface area contributed by atoms with Gasteiger partial charge >= 0.3 is 0 Å². The summed E-state index contributed by atoms with van der Waals surface area (Å²) in [6.07, 6.45) is 0.140. The lowest BCUT2D eigenvalue weighted by molar-refractivity contribution is -0.158. The highest BCUT2D eigenvalue weighted by Gasteiger charge is 2.40. The van der Waals surface area contributed by atoms with E-state index in [1.807, 2.05) is 0 Å². The summed E-state index contributed by atoms with van der Waals surface area (Å²) < 4.78 is 11.2. The lowest BCUT2D eigenvalue weighted by Gasteiger charge is -2.45. The predicted octanol–water partition coefficient (Wildman–Crippen LogP) is 1.38. The number of aryl methyl sites for hydroxylation is 1. The van der Waals surface area contributed by atoms with Crippen LogP contribution in [0.5, 0.6) is 0 Å². The van der Waals surface area contributed by atoms with Crippen molar-refractivity contribution in [3.05, 3.63) is 35.4 Å². The van der Waals surface area contributed by atoms with Crippen LogP contribution in [-0.2, 0) is 9.47 Å². The molecule has 0 aliphatic carbocycles. The number of benzene rings is 1. The number of ether oxygens (including phenoxy) is 2. The molecule has 3 rings (SSSR count). The Balaban J connectivity index is 1.66. The zero-order valence-corrected chi connectivity index (χ0v) is 12.0. The third-order valence-electron chi connectivity index (χ3n) is 4.40. The second-order valence-electron chi connectivity index (χ2n) is 6.10. The number of hydrogen-bond acceptors (Lipinski definition) is 4. The van der Waals surface area contributed by atoms with Crippen molar-refractivity contribution in [2.24, 2.45) is 5.41 Å². The molecule has 0 aromatic heterocycles. The molecule has 1 aromatic carbocycles. The number of nitrogens with zero attached hydrogens (tertiary/aromatic N) is 1. The zero-order chi connectivity index (χ0) is 14.0. The topological polar surface area (TPSA) is 41.9 Å². The molecule has 0 bridgehead atoms. The highest BCUT2D eigenvalue weighted by atomic mass is 16.5. The standard InChI is InChI=1S/C16H23NO3/c1-13-4-2-3-5-14(13)15-8-17(6-7-20-15)9-16(10-18)11-19-12-16/h2-5,15,18H,6-12H2,1H3. The molecular formula is C16H23NO3. The van der Waals surface area contributed by atoms with E-state index in [4.69, 9.17) is 9.47 Å². The molecule has 0 spiro atoms.